The molecular weight excluding hydrogens is 652 g/mol. The van der Waals surface area contributed by atoms with Crippen molar-refractivity contribution in [3.63, 3.8) is 0 Å². The lowest BCUT2D eigenvalue weighted by molar-refractivity contribution is -0.146. The molecule has 2 aromatic carbocycles. The highest BCUT2D eigenvalue weighted by atomic mass is 16.6. The fourth-order valence-corrected chi connectivity index (χ4v) is 6.40. The van der Waals surface area contributed by atoms with Crippen molar-refractivity contribution >= 4 is 35.5 Å². The number of hydrogen-bond donors (Lipinski definition) is 2. The van der Waals surface area contributed by atoms with Crippen LogP contribution in [-0.2, 0) is 54.5 Å². The summed E-state index contributed by atoms with van der Waals surface area (Å²) >= 11 is 0. The summed E-state index contributed by atoms with van der Waals surface area (Å²) in [6.45, 7) is 17.0. The van der Waals surface area contributed by atoms with Gasteiger partial charge in [0.25, 0.3) is 0 Å². The van der Waals surface area contributed by atoms with E-state index in [9.17, 15) is 19.2 Å². The largest absolute Gasteiger partial charge is 0.464 e. The number of esters is 2. The van der Waals surface area contributed by atoms with Gasteiger partial charge in [-0.3, -0.25) is 0 Å². The molecule has 0 saturated carbocycles. The van der Waals surface area contributed by atoms with Crippen LogP contribution in [0.25, 0.3) is 0 Å². The molecule has 4 rings (SSSR count). The normalized spacial score (nSPS) is 14.7. The van der Waals surface area contributed by atoms with Gasteiger partial charge in [-0.1, -0.05) is 24.3 Å². The number of benzene rings is 2. The summed E-state index contributed by atoms with van der Waals surface area (Å²) in [5.41, 5.74) is 5.96. The van der Waals surface area contributed by atoms with Gasteiger partial charge in [-0.15, -0.1) is 0 Å². The Morgan fingerprint density at radius 2 is 1.06 bits per heavy atom. The lowest BCUT2D eigenvalue weighted by Gasteiger charge is -2.45. The molecule has 2 heterocycles. The number of nitrogens with zero attached hydrogens (tertiary/aromatic N) is 2. The van der Waals surface area contributed by atoms with Crippen LogP contribution < -0.4 is 20.4 Å². The van der Waals surface area contributed by atoms with Crippen LogP contribution in [0.4, 0.5) is 21.0 Å². The topological polar surface area (TPSA) is 136 Å². The lowest BCUT2D eigenvalue weighted by Crippen LogP contribution is -2.46. The van der Waals surface area contributed by atoms with E-state index in [0.29, 0.717) is 25.7 Å². The molecule has 2 aliphatic heterocycles. The van der Waals surface area contributed by atoms with E-state index in [1.807, 2.05) is 0 Å². The molecule has 0 spiro atoms. The number of aryl methyl sites for hydroxylation is 2. The zero-order valence-electron chi connectivity index (χ0n) is 31.6. The molecule has 0 radical (unpaired) electrons. The van der Waals surface area contributed by atoms with E-state index in [1.165, 1.54) is 33.6 Å². The monoisotopic (exact) mass is 708 g/mol. The zero-order valence-corrected chi connectivity index (χ0v) is 31.6. The number of carbonyl (C=O) groups excluding carboxylic acids is 4. The highest BCUT2D eigenvalue weighted by Gasteiger charge is 2.30. The summed E-state index contributed by atoms with van der Waals surface area (Å²) in [6.07, 6.45) is 2.49. The maximum Gasteiger partial charge on any atom is 0.408 e. The second kappa shape index (κ2) is 17.2. The standard InChI is InChI=1S/C39H56N4O8/c1-9-48-34(44)30(40-36(46)50-38(3,4)5)15-11-13-26-17-19-32-28(21-26)23-42-25-43(32)24-29-22-27(18-20-33(29)42)14-12-16-31(35(45)49-10-2)41-37(47)51-39(6,7)8/h17-22,30-31H,9-16,23-25H2,1-8H3,(H,40,46)(H,41,47)/t30-,31-/m0/s1. The predicted octanol–water partition coefficient (Wildman–Crippen LogP) is 6.54. The Kier molecular flexibility index (Phi) is 13.2. The van der Waals surface area contributed by atoms with E-state index in [2.05, 4.69) is 56.8 Å². The predicted molar refractivity (Wildman–Crippen MR) is 196 cm³/mol. The number of ether oxygens (including phenoxy) is 4. The van der Waals surface area contributed by atoms with Crippen LogP contribution in [0, 0.1) is 0 Å². The molecular formula is C39H56N4O8. The van der Waals surface area contributed by atoms with Gasteiger partial charge in [0.15, 0.2) is 0 Å². The van der Waals surface area contributed by atoms with Crippen LogP contribution in [0.1, 0.15) is 103 Å². The van der Waals surface area contributed by atoms with Crippen molar-refractivity contribution in [2.45, 2.75) is 130 Å². The van der Waals surface area contributed by atoms with E-state index < -0.39 is 47.4 Å². The summed E-state index contributed by atoms with van der Waals surface area (Å²) in [5.74, 6) is -0.916. The number of alkyl carbamates (subject to hydrolysis) is 2. The zero-order chi connectivity index (χ0) is 37.3. The summed E-state index contributed by atoms with van der Waals surface area (Å²) < 4.78 is 21.1. The summed E-state index contributed by atoms with van der Waals surface area (Å²) in [6, 6.07) is 11.6. The number of amides is 2. The Balaban J connectivity index is 1.34. The summed E-state index contributed by atoms with van der Waals surface area (Å²) in [5, 5.41) is 5.37. The third-order valence-corrected chi connectivity index (χ3v) is 8.47. The average Bonchev–Trinajstić information content (AvgIpc) is 3.02. The van der Waals surface area contributed by atoms with E-state index in [1.54, 1.807) is 55.4 Å². The van der Waals surface area contributed by atoms with Crippen molar-refractivity contribution in [3.05, 3.63) is 58.7 Å². The molecule has 51 heavy (non-hydrogen) atoms. The van der Waals surface area contributed by atoms with Crippen molar-refractivity contribution in [2.24, 2.45) is 0 Å². The maximum atomic E-state index is 12.6. The van der Waals surface area contributed by atoms with Gasteiger partial charge in [0.05, 0.1) is 19.9 Å². The van der Waals surface area contributed by atoms with Crippen molar-refractivity contribution in [1.82, 2.24) is 10.6 Å². The van der Waals surface area contributed by atoms with Crippen LogP contribution in [0.5, 0.6) is 0 Å². The molecule has 2 aromatic rings. The molecule has 0 saturated heterocycles. The quantitative estimate of drug-likeness (QED) is 0.165. The van der Waals surface area contributed by atoms with E-state index in [4.69, 9.17) is 18.9 Å². The molecule has 0 aliphatic carbocycles. The third kappa shape index (κ3) is 11.8. The number of fused-ring (bicyclic) bond motifs is 6. The average molecular weight is 709 g/mol. The van der Waals surface area contributed by atoms with Crippen LogP contribution >= 0.6 is 0 Å². The van der Waals surface area contributed by atoms with Gasteiger partial charge in [-0.25, -0.2) is 19.2 Å². The molecule has 0 unspecified atom stereocenters. The van der Waals surface area contributed by atoms with Crippen molar-refractivity contribution in [1.29, 1.82) is 0 Å². The molecule has 12 nitrogen and oxygen atoms in total. The molecule has 0 aromatic heterocycles. The van der Waals surface area contributed by atoms with Gasteiger partial charge in [-0.2, -0.15) is 0 Å². The minimum Gasteiger partial charge on any atom is -0.464 e. The van der Waals surface area contributed by atoms with Crippen molar-refractivity contribution < 1.29 is 38.1 Å². The van der Waals surface area contributed by atoms with Crippen LogP contribution in [0.15, 0.2) is 36.4 Å². The van der Waals surface area contributed by atoms with Gasteiger partial charge < -0.3 is 39.4 Å². The van der Waals surface area contributed by atoms with Gasteiger partial charge in [-0.05, 0) is 128 Å². The molecule has 280 valence electrons. The second-order valence-electron chi connectivity index (χ2n) is 15.1. The highest BCUT2D eigenvalue weighted by Crippen LogP contribution is 2.39. The number of hydrogen-bond acceptors (Lipinski definition) is 10. The van der Waals surface area contributed by atoms with Gasteiger partial charge in [0, 0.05) is 24.5 Å². The van der Waals surface area contributed by atoms with Crippen LogP contribution in [0.3, 0.4) is 0 Å². The first-order chi connectivity index (χ1) is 24.0. The Hall–Kier alpha value is -4.48. The molecule has 2 bridgehead atoms. The van der Waals surface area contributed by atoms with Gasteiger partial charge >= 0.3 is 24.1 Å². The summed E-state index contributed by atoms with van der Waals surface area (Å²) in [4.78, 5) is 54.7. The summed E-state index contributed by atoms with van der Waals surface area (Å²) in [7, 11) is 0. The van der Waals surface area contributed by atoms with Gasteiger partial charge in [0.1, 0.15) is 23.3 Å². The molecule has 2 N–H and O–H groups in total. The number of carbonyl (C=O) groups is 4. The first-order valence-electron chi connectivity index (χ1n) is 18.1. The fourth-order valence-electron chi connectivity index (χ4n) is 6.40. The minimum atomic E-state index is -0.775. The molecule has 12 heteroatoms. The Morgan fingerprint density at radius 1 is 0.667 bits per heavy atom. The maximum absolute atomic E-state index is 12.6. The Bertz CT molecular complexity index is 1430. The van der Waals surface area contributed by atoms with Gasteiger partial charge in [0.2, 0.25) is 0 Å². The Labute approximate surface area is 302 Å². The number of nitrogens with one attached hydrogen (secondary N) is 2. The molecule has 2 atom stereocenters. The number of rotatable bonds is 14. The third-order valence-electron chi connectivity index (χ3n) is 8.47. The van der Waals surface area contributed by atoms with Crippen molar-refractivity contribution in [3.8, 4) is 0 Å². The van der Waals surface area contributed by atoms with Crippen LogP contribution in [-0.4, -0.2) is 67.3 Å². The highest BCUT2D eigenvalue weighted by molar-refractivity contribution is 5.82. The fraction of sp³-hybridized carbons (Fsp3) is 0.590. The molecule has 0 fully saturated rings. The molecule has 2 amide bonds. The first kappa shape index (κ1) is 39.3. The Morgan fingerprint density at radius 3 is 1.41 bits per heavy atom. The van der Waals surface area contributed by atoms with E-state index in [0.717, 1.165) is 32.6 Å². The molecule has 2 aliphatic rings. The smallest absolute Gasteiger partial charge is 0.408 e. The number of anilines is 2. The minimum absolute atomic E-state index is 0.236. The van der Waals surface area contributed by atoms with E-state index in [-0.39, 0.29) is 13.2 Å². The SMILES string of the molecule is CCOC(=O)[C@H](CCCc1ccc2c(c1)CN1CN2Cc2cc(CCC[C@H](NC(=O)OC(C)(C)C)C(=O)OCC)ccc21)NC(=O)OC(C)(C)C. The van der Waals surface area contributed by atoms with Crippen molar-refractivity contribution in [2.75, 3.05) is 29.7 Å². The first-order valence-corrected chi connectivity index (χ1v) is 18.1. The van der Waals surface area contributed by atoms with E-state index >= 15 is 0 Å². The van der Waals surface area contributed by atoms with Crippen LogP contribution in [0.2, 0.25) is 0 Å². The second-order valence-corrected chi connectivity index (χ2v) is 15.1. The lowest BCUT2D eigenvalue weighted by atomic mass is 9.96.